The Kier molecular flexibility index (Phi) is 2.89. The molecule has 6 heteroatoms. The number of nitrogens with zero attached hydrogens (tertiary/aromatic N) is 2. The fourth-order valence-corrected chi connectivity index (χ4v) is 2.53. The van der Waals surface area contributed by atoms with E-state index in [9.17, 15) is 0 Å². The Morgan fingerprint density at radius 3 is 2.61 bits per heavy atom. The highest BCUT2D eigenvalue weighted by molar-refractivity contribution is 9.10. The topological polar surface area (TPSA) is 64.9 Å². The first-order chi connectivity index (χ1) is 8.74. The average Bonchev–Trinajstić information content (AvgIpc) is 2.98. The molecule has 0 atom stereocenters. The van der Waals surface area contributed by atoms with E-state index in [-0.39, 0.29) is 0 Å². The maximum Gasteiger partial charge on any atom is 0.270 e. The summed E-state index contributed by atoms with van der Waals surface area (Å²) in [5.74, 6) is 1.02. The molecule has 0 aliphatic carbocycles. The normalized spacial score (nSPS) is 10.7. The van der Waals surface area contributed by atoms with Gasteiger partial charge in [0.05, 0.1) is 5.69 Å². The Hall–Kier alpha value is -1.66. The number of nitrogen functional groups attached to an aromatic ring is 1. The van der Waals surface area contributed by atoms with E-state index in [1.807, 2.05) is 35.7 Å². The van der Waals surface area contributed by atoms with Crippen molar-refractivity contribution in [3.63, 3.8) is 0 Å². The monoisotopic (exact) mass is 321 g/mol. The van der Waals surface area contributed by atoms with E-state index in [1.54, 1.807) is 0 Å². The van der Waals surface area contributed by atoms with Crippen LogP contribution >= 0.6 is 27.3 Å². The minimum absolute atomic E-state index is 0.459. The van der Waals surface area contributed by atoms with Gasteiger partial charge in [-0.15, -0.1) is 11.3 Å². The molecule has 0 aliphatic heterocycles. The van der Waals surface area contributed by atoms with E-state index >= 15 is 0 Å². The van der Waals surface area contributed by atoms with E-state index in [0.717, 1.165) is 14.9 Å². The molecule has 0 unspecified atom stereocenters. The second-order valence-corrected chi connectivity index (χ2v) is 5.47. The van der Waals surface area contributed by atoms with Crippen LogP contribution in [0.25, 0.3) is 22.2 Å². The van der Waals surface area contributed by atoms with Gasteiger partial charge < -0.3 is 10.3 Å². The van der Waals surface area contributed by atoms with Crippen molar-refractivity contribution in [2.24, 2.45) is 0 Å². The van der Waals surface area contributed by atoms with Crippen LogP contribution in [0.3, 0.4) is 0 Å². The van der Waals surface area contributed by atoms with E-state index in [2.05, 4.69) is 26.1 Å². The predicted octanol–water partition coefficient (Wildman–Crippen LogP) is 3.81. The lowest BCUT2D eigenvalue weighted by atomic mass is 10.2. The van der Waals surface area contributed by atoms with Crippen molar-refractivity contribution in [1.82, 2.24) is 10.1 Å². The summed E-state index contributed by atoms with van der Waals surface area (Å²) in [6.45, 7) is 0. The minimum atomic E-state index is 0.459. The second-order valence-electron chi connectivity index (χ2n) is 3.64. The molecule has 0 bridgehead atoms. The summed E-state index contributed by atoms with van der Waals surface area (Å²) >= 11 is 4.87. The smallest absolute Gasteiger partial charge is 0.270 e. The van der Waals surface area contributed by atoms with Crippen LogP contribution in [0.2, 0.25) is 0 Å². The lowest BCUT2D eigenvalue weighted by Gasteiger charge is -1.93. The lowest BCUT2D eigenvalue weighted by Crippen LogP contribution is -1.84. The van der Waals surface area contributed by atoms with E-state index in [0.29, 0.717) is 17.4 Å². The molecule has 0 amide bonds. The first-order valence-electron chi connectivity index (χ1n) is 5.17. The molecule has 2 N–H and O–H groups in total. The molecule has 0 saturated heterocycles. The van der Waals surface area contributed by atoms with Gasteiger partial charge >= 0.3 is 0 Å². The molecule has 0 saturated carbocycles. The molecule has 0 radical (unpaired) electrons. The van der Waals surface area contributed by atoms with Gasteiger partial charge in [0.1, 0.15) is 4.88 Å². The summed E-state index contributed by atoms with van der Waals surface area (Å²) in [6.07, 6.45) is 0. The summed E-state index contributed by atoms with van der Waals surface area (Å²) in [7, 11) is 0. The highest BCUT2D eigenvalue weighted by atomic mass is 79.9. The first kappa shape index (κ1) is 11.4. The molecule has 0 aliphatic rings. The SMILES string of the molecule is Nc1ccsc1-c1nc(-c2ccc(Br)cc2)no1. The number of thiophene rings is 1. The van der Waals surface area contributed by atoms with Crippen molar-refractivity contribution in [3.8, 4) is 22.2 Å². The second kappa shape index (κ2) is 4.55. The van der Waals surface area contributed by atoms with Crippen LogP contribution in [0.5, 0.6) is 0 Å². The third-order valence-corrected chi connectivity index (χ3v) is 3.87. The van der Waals surface area contributed by atoms with Crippen molar-refractivity contribution in [3.05, 3.63) is 40.2 Å². The number of hydrogen-bond donors (Lipinski definition) is 1. The highest BCUT2D eigenvalue weighted by Gasteiger charge is 2.13. The van der Waals surface area contributed by atoms with Crippen LogP contribution in [-0.2, 0) is 0 Å². The molecule has 2 heterocycles. The minimum Gasteiger partial charge on any atom is -0.397 e. The summed E-state index contributed by atoms with van der Waals surface area (Å²) in [5, 5.41) is 5.86. The first-order valence-corrected chi connectivity index (χ1v) is 6.84. The number of anilines is 1. The zero-order valence-electron chi connectivity index (χ0n) is 9.13. The summed E-state index contributed by atoms with van der Waals surface area (Å²) < 4.78 is 6.24. The quantitative estimate of drug-likeness (QED) is 0.779. The van der Waals surface area contributed by atoms with Crippen LogP contribution in [0.4, 0.5) is 5.69 Å². The number of nitrogens with two attached hydrogens (primary N) is 1. The predicted molar refractivity (Wildman–Crippen MR) is 75.2 cm³/mol. The fraction of sp³-hybridized carbons (Fsp3) is 0. The van der Waals surface area contributed by atoms with Crippen molar-refractivity contribution in [2.45, 2.75) is 0 Å². The Morgan fingerprint density at radius 2 is 1.94 bits per heavy atom. The van der Waals surface area contributed by atoms with Gasteiger partial charge in [0.25, 0.3) is 5.89 Å². The van der Waals surface area contributed by atoms with E-state index in [4.69, 9.17) is 10.3 Å². The van der Waals surface area contributed by atoms with Crippen LogP contribution in [0, 0.1) is 0 Å². The third kappa shape index (κ3) is 2.04. The van der Waals surface area contributed by atoms with Gasteiger partial charge in [-0.2, -0.15) is 4.98 Å². The summed E-state index contributed by atoms with van der Waals surface area (Å²) in [4.78, 5) is 5.16. The molecule has 4 nitrogen and oxygen atoms in total. The number of hydrogen-bond acceptors (Lipinski definition) is 5. The van der Waals surface area contributed by atoms with Crippen LogP contribution < -0.4 is 5.73 Å². The van der Waals surface area contributed by atoms with Gasteiger partial charge in [-0.1, -0.05) is 21.1 Å². The van der Waals surface area contributed by atoms with Crippen LogP contribution in [-0.4, -0.2) is 10.1 Å². The van der Waals surface area contributed by atoms with Gasteiger partial charge in [-0.25, -0.2) is 0 Å². The molecular weight excluding hydrogens is 314 g/mol. The highest BCUT2D eigenvalue weighted by Crippen LogP contribution is 2.31. The molecule has 3 aromatic rings. The zero-order chi connectivity index (χ0) is 12.5. The van der Waals surface area contributed by atoms with Crippen molar-refractivity contribution < 1.29 is 4.52 Å². The molecule has 2 aromatic heterocycles. The number of rotatable bonds is 2. The van der Waals surface area contributed by atoms with Crippen LogP contribution in [0.1, 0.15) is 0 Å². The van der Waals surface area contributed by atoms with Crippen LogP contribution in [0.15, 0.2) is 44.7 Å². The molecule has 3 rings (SSSR count). The van der Waals surface area contributed by atoms with Gasteiger partial charge in [0.2, 0.25) is 5.82 Å². The lowest BCUT2D eigenvalue weighted by molar-refractivity contribution is 0.433. The molecular formula is C12H8BrN3OS. The molecule has 90 valence electrons. The Bertz CT molecular complexity index is 675. The largest absolute Gasteiger partial charge is 0.397 e. The molecule has 1 aromatic carbocycles. The van der Waals surface area contributed by atoms with Crippen molar-refractivity contribution >= 4 is 33.0 Å². The molecule has 18 heavy (non-hydrogen) atoms. The van der Waals surface area contributed by atoms with E-state index < -0.39 is 0 Å². The number of aromatic nitrogens is 2. The summed E-state index contributed by atoms with van der Waals surface area (Å²) in [6, 6.07) is 9.55. The van der Waals surface area contributed by atoms with Gasteiger partial charge in [-0.05, 0) is 35.7 Å². The average molecular weight is 322 g/mol. The van der Waals surface area contributed by atoms with Crippen molar-refractivity contribution in [1.29, 1.82) is 0 Å². The Balaban J connectivity index is 1.99. The third-order valence-electron chi connectivity index (χ3n) is 2.42. The molecule has 0 fully saturated rings. The maximum atomic E-state index is 5.82. The number of halogens is 1. The van der Waals surface area contributed by atoms with Gasteiger partial charge in [0, 0.05) is 10.0 Å². The van der Waals surface area contributed by atoms with Gasteiger partial charge in [0.15, 0.2) is 0 Å². The maximum absolute atomic E-state index is 5.82. The standard InChI is InChI=1S/C12H8BrN3OS/c13-8-3-1-7(2-4-8)11-15-12(17-16-11)10-9(14)5-6-18-10/h1-6H,14H2. The van der Waals surface area contributed by atoms with Gasteiger partial charge in [-0.3, -0.25) is 0 Å². The fourth-order valence-electron chi connectivity index (χ4n) is 1.52. The summed E-state index contributed by atoms with van der Waals surface area (Å²) in [5.41, 5.74) is 7.38. The molecule has 0 spiro atoms. The number of benzene rings is 1. The zero-order valence-corrected chi connectivity index (χ0v) is 11.5. The van der Waals surface area contributed by atoms with E-state index in [1.165, 1.54) is 11.3 Å². The van der Waals surface area contributed by atoms with Crippen molar-refractivity contribution in [2.75, 3.05) is 5.73 Å². The Labute approximate surface area is 116 Å². The Morgan fingerprint density at radius 1 is 1.17 bits per heavy atom.